The van der Waals surface area contributed by atoms with Crippen LogP contribution in [0.4, 0.5) is 11.5 Å². The van der Waals surface area contributed by atoms with Gasteiger partial charge >= 0.3 is 5.97 Å². The second-order valence-electron chi connectivity index (χ2n) is 6.64. The molecule has 0 radical (unpaired) electrons. The number of carboxylic acid groups (broad SMARTS) is 1. The van der Waals surface area contributed by atoms with E-state index in [-0.39, 0.29) is 30.6 Å². The summed E-state index contributed by atoms with van der Waals surface area (Å²) in [5, 5.41) is 17.5. The second-order valence-corrected chi connectivity index (χ2v) is 6.64. The lowest BCUT2D eigenvalue weighted by molar-refractivity contribution is 0.0446. The first kappa shape index (κ1) is 22.9. The van der Waals surface area contributed by atoms with Gasteiger partial charge in [0.1, 0.15) is 28.6 Å². The molecule has 0 bridgehead atoms. The standard InChI is InChI=1S/C22H25N3O7/c1-25-20(11-17(24-25)14-5-7-15(30-4)8-6-14)23-18-9-16(31-12-28-2)10-19(32-13-29-3)21(18)22(26)27/h5-11,23H,12-13H2,1-4H3,(H,26,27). The molecule has 10 heteroatoms. The van der Waals surface area contributed by atoms with Gasteiger partial charge in [0.05, 0.1) is 18.5 Å². The van der Waals surface area contributed by atoms with Gasteiger partial charge in [-0.3, -0.25) is 4.68 Å². The maximum atomic E-state index is 12.0. The molecule has 1 heterocycles. The summed E-state index contributed by atoms with van der Waals surface area (Å²) < 4.78 is 27.7. The van der Waals surface area contributed by atoms with Crippen molar-refractivity contribution in [2.45, 2.75) is 0 Å². The number of rotatable bonds is 11. The third kappa shape index (κ3) is 5.29. The van der Waals surface area contributed by atoms with Gasteiger partial charge in [-0.2, -0.15) is 5.10 Å². The zero-order valence-electron chi connectivity index (χ0n) is 18.2. The van der Waals surface area contributed by atoms with Crippen molar-refractivity contribution in [1.82, 2.24) is 9.78 Å². The van der Waals surface area contributed by atoms with Crippen LogP contribution in [-0.2, 0) is 16.5 Å². The minimum Gasteiger partial charge on any atom is -0.497 e. The largest absolute Gasteiger partial charge is 0.497 e. The van der Waals surface area contributed by atoms with Crippen molar-refractivity contribution in [2.24, 2.45) is 7.05 Å². The van der Waals surface area contributed by atoms with Crippen LogP contribution in [0.1, 0.15) is 10.4 Å². The fourth-order valence-electron chi connectivity index (χ4n) is 2.98. The molecule has 0 saturated heterocycles. The maximum Gasteiger partial charge on any atom is 0.341 e. The third-order valence-corrected chi connectivity index (χ3v) is 4.49. The molecule has 0 atom stereocenters. The minimum absolute atomic E-state index is 0.0110. The molecule has 0 saturated carbocycles. The Kier molecular flexibility index (Phi) is 7.53. The Balaban J connectivity index is 1.99. The number of hydrogen-bond acceptors (Lipinski definition) is 8. The van der Waals surface area contributed by atoms with Crippen molar-refractivity contribution < 1.29 is 33.6 Å². The number of carbonyl (C=O) groups is 1. The number of benzene rings is 2. The molecule has 1 aromatic heterocycles. The molecule has 3 aromatic rings. The van der Waals surface area contributed by atoms with Crippen LogP contribution < -0.4 is 19.5 Å². The van der Waals surface area contributed by atoms with E-state index < -0.39 is 5.97 Å². The molecule has 32 heavy (non-hydrogen) atoms. The van der Waals surface area contributed by atoms with Gasteiger partial charge in [-0.1, -0.05) is 0 Å². The monoisotopic (exact) mass is 443 g/mol. The van der Waals surface area contributed by atoms with Crippen molar-refractivity contribution >= 4 is 17.5 Å². The SMILES string of the molecule is COCOc1cc(Nc2cc(-c3ccc(OC)cc3)nn2C)c(C(=O)O)c(OCOC)c1. The number of hydrogen-bond donors (Lipinski definition) is 2. The van der Waals surface area contributed by atoms with Crippen LogP contribution in [0.2, 0.25) is 0 Å². The third-order valence-electron chi connectivity index (χ3n) is 4.49. The number of aryl methyl sites for hydroxylation is 1. The first-order valence-corrected chi connectivity index (χ1v) is 9.57. The fourth-order valence-corrected chi connectivity index (χ4v) is 2.98. The summed E-state index contributed by atoms with van der Waals surface area (Å²) in [4.78, 5) is 12.0. The van der Waals surface area contributed by atoms with Crippen LogP contribution in [-0.4, -0.2) is 55.8 Å². The van der Waals surface area contributed by atoms with Gasteiger partial charge in [0.15, 0.2) is 13.6 Å². The summed E-state index contributed by atoms with van der Waals surface area (Å²) in [6.07, 6.45) is 0. The highest BCUT2D eigenvalue weighted by molar-refractivity contribution is 5.98. The normalized spacial score (nSPS) is 10.6. The second kappa shape index (κ2) is 10.5. The predicted molar refractivity (Wildman–Crippen MR) is 117 cm³/mol. The molecule has 170 valence electrons. The molecule has 2 N–H and O–H groups in total. The number of anilines is 2. The quantitative estimate of drug-likeness (QED) is 0.430. The van der Waals surface area contributed by atoms with Crippen molar-refractivity contribution in [2.75, 3.05) is 40.2 Å². The lowest BCUT2D eigenvalue weighted by Crippen LogP contribution is -2.11. The van der Waals surface area contributed by atoms with E-state index in [0.29, 0.717) is 17.3 Å². The molecule has 0 amide bonds. The van der Waals surface area contributed by atoms with Gasteiger partial charge in [0, 0.05) is 45.0 Å². The Morgan fingerprint density at radius 2 is 1.69 bits per heavy atom. The van der Waals surface area contributed by atoms with Crippen LogP contribution in [0.5, 0.6) is 17.2 Å². The van der Waals surface area contributed by atoms with E-state index in [2.05, 4.69) is 10.4 Å². The van der Waals surface area contributed by atoms with Gasteiger partial charge in [0.2, 0.25) is 0 Å². The average Bonchev–Trinajstić information content (AvgIpc) is 3.15. The number of nitrogens with one attached hydrogen (secondary N) is 1. The van der Waals surface area contributed by atoms with E-state index in [1.54, 1.807) is 24.9 Å². The van der Waals surface area contributed by atoms with Crippen LogP contribution in [0.3, 0.4) is 0 Å². The van der Waals surface area contributed by atoms with E-state index in [1.807, 2.05) is 30.3 Å². The molecule has 3 rings (SSSR count). The maximum absolute atomic E-state index is 12.0. The molecule has 0 aliphatic carbocycles. The van der Waals surface area contributed by atoms with E-state index in [4.69, 9.17) is 23.7 Å². The van der Waals surface area contributed by atoms with Gasteiger partial charge in [-0.25, -0.2) is 4.79 Å². The Morgan fingerprint density at radius 1 is 1.00 bits per heavy atom. The number of aromatic nitrogens is 2. The zero-order chi connectivity index (χ0) is 23.1. The van der Waals surface area contributed by atoms with Crippen LogP contribution in [0.25, 0.3) is 11.3 Å². The molecule has 0 spiro atoms. The number of ether oxygens (including phenoxy) is 5. The van der Waals surface area contributed by atoms with Gasteiger partial charge < -0.3 is 34.1 Å². The van der Waals surface area contributed by atoms with E-state index in [9.17, 15) is 9.90 Å². The Bertz CT molecular complexity index is 1060. The summed E-state index contributed by atoms with van der Waals surface area (Å²) in [7, 11) is 6.29. The molecule has 10 nitrogen and oxygen atoms in total. The zero-order valence-corrected chi connectivity index (χ0v) is 18.2. The van der Waals surface area contributed by atoms with E-state index >= 15 is 0 Å². The van der Waals surface area contributed by atoms with E-state index in [1.165, 1.54) is 20.3 Å². The Labute approximate surface area is 185 Å². The molecule has 0 fully saturated rings. The van der Waals surface area contributed by atoms with E-state index in [0.717, 1.165) is 11.3 Å². The highest BCUT2D eigenvalue weighted by Crippen LogP contribution is 2.35. The summed E-state index contributed by atoms with van der Waals surface area (Å²) in [6, 6.07) is 12.3. The first-order chi connectivity index (χ1) is 15.5. The highest BCUT2D eigenvalue weighted by atomic mass is 16.7. The highest BCUT2D eigenvalue weighted by Gasteiger charge is 2.21. The van der Waals surface area contributed by atoms with Gasteiger partial charge in [0.25, 0.3) is 0 Å². The van der Waals surface area contributed by atoms with Gasteiger partial charge in [-0.15, -0.1) is 0 Å². The fraction of sp³-hybridized carbons (Fsp3) is 0.273. The predicted octanol–water partition coefficient (Wildman–Crippen LogP) is 3.50. The molecule has 0 unspecified atom stereocenters. The lowest BCUT2D eigenvalue weighted by Gasteiger charge is -2.16. The van der Waals surface area contributed by atoms with Crippen molar-refractivity contribution in [3.63, 3.8) is 0 Å². The number of carboxylic acids is 1. The topological polar surface area (TPSA) is 113 Å². The summed E-state index contributed by atoms with van der Waals surface area (Å²) in [6.45, 7) is -0.135. The molecular formula is C22H25N3O7. The number of aromatic carboxylic acids is 1. The first-order valence-electron chi connectivity index (χ1n) is 9.57. The molecule has 0 aliphatic heterocycles. The van der Waals surface area contributed by atoms with Crippen molar-refractivity contribution in [1.29, 1.82) is 0 Å². The number of methoxy groups -OCH3 is 3. The Hall–Kier alpha value is -3.76. The Morgan fingerprint density at radius 3 is 2.31 bits per heavy atom. The van der Waals surface area contributed by atoms with Crippen LogP contribution >= 0.6 is 0 Å². The molecular weight excluding hydrogens is 418 g/mol. The number of nitrogens with zero attached hydrogens (tertiary/aromatic N) is 2. The lowest BCUT2D eigenvalue weighted by atomic mass is 10.1. The van der Waals surface area contributed by atoms with Crippen LogP contribution in [0.15, 0.2) is 42.5 Å². The molecule has 0 aliphatic rings. The van der Waals surface area contributed by atoms with Crippen LogP contribution in [0, 0.1) is 0 Å². The average molecular weight is 443 g/mol. The van der Waals surface area contributed by atoms with Crippen molar-refractivity contribution in [3.05, 3.63) is 48.0 Å². The molecule has 2 aromatic carbocycles. The van der Waals surface area contributed by atoms with Gasteiger partial charge in [-0.05, 0) is 24.3 Å². The minimum atomic E-state index is -1.17. The van der Waals surface area contributed by atoms with Crippen molar-refractivity contribution in [3.8, 4) is 28.5 Å². The summed E-state index contributed by atoms with van der Waals surface area (Å²) >= 11 is 0. The smallest absolute Gasteiger partial charge is 0.341 e. The summed E-state index contributed by atoms with van der Waals surface area (Å²) in [5.41, 5.74) is 1.78. The summed E-state index contributed by atoms with van der Waals surface area (Å²) in [5.74, 6) is 0.593.